The minimum Gasteiger partial charge on any atom is -0.345 e. The van der Waals surface area contributed by atoms with Gasteiger partial charge in [0.1, 0.15) is 22.9 Å². The van der Waals surface area contributed by atoms with E-state index in [-0.39, 0.29) is 12.0 Å². The molecule has 0 saturated carbocycles. The van der Waals surface area contributed by atoms with Crippen molar-refractivity contribution in [3.05, 3.63) is 29.3 Å². The Hall–Kier alpha value is -0.820. The lowest BCUT2D eigenvalue weighted by Crippen LogP contribution is -2.12. The molecular weight excluding hydrogens is 289 g/mol. The van der Waals surface area contributed by atoms with Gasteiger partial charge in [-0.05, 0) is 18.6 Å². The van der Waals surface area contributed by atoms with Gasteiger partial charge in [0.25, 0.3) is 0 Å². The number of rotatable bonds is 5. The van der Waals surface area contributed by atoms with Gasteiger partial charge < -0.3 is 4.89 Å². The van der Waals surface area contributed by atoms with Gasteiger partial charge in [-0.15, -0.1) is 0 Å². The summed E-state index contributed by atoms with van der Waals surface area (Å²) in [6.45, 7) is 1.45. The van der Waals surface area contributed by atoms with Crippen LogP contribution in [0.15, 0.2) is 17.0 Å². The molecule has 5 nitrogen and oxygen atoms in total. The molecular formula is C9H11F2O5PS. The third-order valence-electron chi connectivity index (χ3n) is 2.10. The normalized spacial score (nSPS) is 13.6. The summed E-state index contributed by atoms with van der Waals surface area (Å²) in [5.41, 5.74) is -0.354. The molecule has 102 valence electrons. The van der Waals surface area contributed by atoms with Crippen LogP contribution < -0.4 is 0 Å². The summed E-state index contributed by atoms with van der Waals surface area (Å²) >= 11 is 0. The average Bonchev–Trinajstić information content (AvgIpc) is 2.29. The van der Waals surface area contributed by atoms with E-state index in [4.69, 9.17) is 4.89 Å². The first-order chi connectivity index (χ1) is 8.29. The van der Waals surface area contributed by atoms with Crippen LogP contribution in [0.25, 0.3) is 0 Å². The van der Waals surface area contributed by atoms with E-state index in [1.165, 1.54) is 6.92 Å². The fourth-order valence-electron chi connectivity index (χ4n) is 1.36. The monoisotopic (exact) mass is 300 g/mol. The maximum atomic E-state index is 13.5. The molecule has 0 radical (unpaired) electrons. The fraction of sp³-hybridized carbons (Fsp3) is 0.333. The van der Waals surface area contributed by atoms with Crippen LogP contribution in [0.2, 0.25) is 0 Å². The molecule has 1 aromatic rings. The van der Waals surface area contributed by atoms with Gasteiger partial charge in [-0.2, -0.15) is 8.42 Å². The van der Waals surface area contributed by atoms with Crippen molar-refractivity contribution in [3.63, 3.8) is 0 Å². The van der Waals surface area contributed by atoms with Crippen LogP contribution in [0.5, 0.6) is 0 Å². The predicted molar refractivity (Wildman–Crippen MR) is 60.1 cm³/mol. The van der Waals surface area contributed by atoms with Gasteiger partial charge in [-0.1, -0.05) is 6.92 Å². The number of hydrogen-bond donors (Lipinski definition) is 1. The topological polar surface area (TPSA) is 80.7 Å². The zero-order valence-electron chi connectivity index (χ0n) is 9.31. The lowest BCUT2D eigenvalue weighted by Gasteiger charge is -2.10. The van der Waals surface area contributed by atoms with E-state index in [2.05, 4.69) is 4.18 Å². The Labute approximate surface area is 103 Å². The molecule has 0 saturated heterocycles. The Kier molecular flexibility index (Phi) is 4.98. The van der Waals surface area contributed by atoms with E-state index in [1.807, 2.05) is 0 Å². The fourth-order valence-corrected chi connectivity index (χ4v) is 3.35. The minimum absolute atomic E-state index is 0.0597. The van der Waals surface area contributed by atoms with Crippen molar-refractivity contribution >= 4 is 18.1 Å². The number of halogens is 2. The highest BCUT2D eigenvalue weighted by molar-refractivity contribution is 7.87. The van der Waals surface area contributed by atoms with E-state index in [1.54, 1.807) is 0 Å². The summed E-state index contributed by atoms with van der Waals surface area (Å²) in [5, 5.41) is 0. The smallest absolute Gasteiger partial charge is 0.300 e. The van der Waals surface area contributed by atoms with Gasteiger partial charge in [-0.3, -0.25) is 8.75 Å². The van der Waals surface area contributed by atoms with Gasteiger partial charge in [0.15, 0.2) is 0 Å². The SMILES string of the molecule is CCc1c(F)ccc(F)c1S(=O)(=O)OC[PH](=O)O. The largest absolute Gasteiger partial charge is 0.345 e. The molecule has 1 N–H and O–H groups in total. The summed E-state index contributed by atoms with van der Waals surface area (Å²) in [6.07, 6.45) is -1.03. The molecule has 1 atom stereocenters. The Morgan fingerprint density at radius 3 is 2.39 bits per heavy atom. The molecule has 0 spiro atoms. The quantitative estimate of drug-likeness (QED) is 0.660. The van der Waals surface area contributed by atoms with Crippen molar-refractivity contribution in [2.24, 2.45) is 0 Å². The van der Waals surface area contributed by atoms with E-state index >= 15 is 0 Å². The van der Waals surface area contributed by atoms with E-state index in [0.717, 1.165) is 6.07 Å². The highest BCUT2D eigenvalue weighted by atomic mass is 32.2. The summed E-state index contributed by atoms with van der Waals surface area (Å²) < 4.78 is 64.7. The molecule has 1 aromatic carbocycles. The van der Waals surface area contributed by atoms with Crippen molar-refractivity contribution in [1.82, 2.24) is 0 Å². The predicted octanol–water partition coefficient (Wildman–Crippen LogP) is 1.66. The van der Waals surface area contributed by atoms with E-state index in [0.29, 0.717) is 6.07 Å². The van der Waals surface area contributed by atoms with Crippen LogP contribution in [-0.2, 0) is 25.3 Å². The molecule has 0 heterocycles. The molecule has 0 aromatic heterocycles. The molecule has 1 unspecified atom stereocenters. The van der Waals surface area contributed by atoms with Crippen molar-refractivity contribution < 1.29 is 30.8 Å². The van der Waals surface area contributed by atoms with Gasteiger partial charge in [0, 0.05) is 5.56 Å². The number of benzene rings is 1. The van der Waals surface area contributed by atoms with Gasteiger partial charge in [0.2, 0.25) is 8.03 Å². The number of hydrogen-bond acceptors (Lipinski definition) is 4. The van der Waals surface area contributed by atoms with Crippen LogP contribution in [-0.4, -0.2) is 19.7 Å². The Bertz CT molecular complexity index is 573. The van der Waals surface area contributed by atoms with Gasteiger partial charge in [-0.25, -0.2) is 8.78 Å². The van der Waals surface area contributed by atoms with E-state index < -0.39 is 41.0 Å². The first-order valence-electron chi connectivity index (χ1n) is 4.87. The molecule has 1 rings (SSSR count). The summed E-state index contributed by atoms with van der Waals surface area (Å²) in [4.78, 5) is 7.58. The summed E-state index contributed by atoms with van der Waals surface area (Å²) in [7, 11) is -7.78. The van der Waals surface area contributed by atoms with Crippen molar-refractivity contribution in [3.8, 4) is 0 Å². The third kappa shape index (κ3) is 3.35. The van der Waals surface area contributed by atoms with Crippen LogP contribution in [0.3, 0.4) is 0 Å². The summed E-state index contributed by atoms with van der Waals surface area (Å²) in [5.74, 6) is -2.04. The van der Waals surface area contributed by atoms with Crippen molar-refractivity contribution in [1.29, 1.82) is 0 Å². The van der Waals surface area contributed by atoms with Crippen LogP contribution in [0.1, 0.15) is 12.5 Å². The molecule has 0 aliphatic rings. The molecule has 18 heavy (non-hydrogen) atoms. The first kappa shape index (κ1) is 15.2. The van der Waals surface area contributed by atoms with Crippen molar-refractivity contribution in [2.45, 2.75) is 18.2 Å². The second kappa shape index (κ2) is 5.88. The lowest BCUT2D eigenvalue weighted by molar-refractivity contribution is 0.351. The zero-order valence-corrected chi connectivity index (χ0v) is 11.1. The Morgan fingerprint density at radius 1 is 1.33 bits per heavy atom. The molecule has 0 amide bonds. The first-order valence-corrected chi connectivity index (χ1v) is 7.84. The van der Waals surface area contributed by atoms with Crippen LogP contribution >= 0.6 is 8.03 Å². The molecule has 0 aliphatic heterocycles. The highest BCUT2D eigenvalue weighted by Crippen LogP contribution is 2.26. The van der Waals surface area contributed by atoms with Gasteiger partial charge in [0.05, 0.1) is 0 Å². The second-order valence-corrected chi connectivity index (χ2v) is 5.93. The van der Waals surface area contributed by atoms with Crippen LogP contribution in [0, 0.1) is 11.6 Å². The van der Waals surface area contributed by atoms with E-state index in [9.17, 15) is 21.8 Å². The standard InChI is InChI=1S/C9H11F2O5PS/c1-2-6-7(10)3-4-8(11)9(6)18(14,15)16-5-17(12)13/h3-4,17H,2,5H2,1H3,(H,12,13). The van der Waals surface area contributed by atoms with Crippen LogP contribution in [0.4, 0.5) is 8.78 Å². The third-order valence-corrected chi connectivity index (χ3v) is 4.07. The molecule has 0 aliphatic carbocycles. The Balaban J connectivity index is 3.31. The highest BCUT2D eigenvalue weighted by Gasteiger charge is 2.26. The minimum atomic E-state index is -4.60. The Morgan fingerprint density at radius 2 is 1.89 bits per heavy atom. The average molecular weight is 300 g/mol. The second-order valence-electron chi connectivity index (χ2n) is 3.30. The summed E-state index contributed by atoms with van der Waals surface area (Å²) in [6, 6.07) is 1.47. The lowest BCUT2D eigenvalue weighted by atomic mass is 10.1. The molecule has 0 bridgehead atoms. The van der Waals surface area contributed by atoms with Crippen molar-refractivity contribution in [2.75, 3.05) is 6.35 Å². The maximum absolute atomic E-state index is 13.5. The van der Waals surface area contributed by atoms with Gasteiger partial charge >= 0.3 is 10.1 Å². The molecule has 9 heteroatoms. The molecule has 0 fully saturated rings. The zero-order chi connectivity index (χ0) is 13.9. The maximum Gasteiger partial charge on any atom is 0.300 e.